The number of nitrogens with zero attached hydrogens (tertiary/aromatic N) is 1. The smallest absolute Gasteiger partial charge is 0.302 e. The van der Waals surface area contributed by atoms with Gasteiger partial charge in [-0.05, 0) is 0 Å². The van der Waals surface area contributed by atoms with Crippen molar-refractivity contribution < 1.29 is 9.53 Å². The maximum atomic E-state index is 9.61. The maximum absolute atomic E-state index is 9.61. The summed E-state index contributed by atoms with van der Waals surface area (Å²) in [6.07, 6.45) is 1.51. The molecule has 0 saturated heterocycles. The third-order valence-electron chi connectivity index (χ3n) is 0.590. The van der Waals surface area contributed by atoms with Gasteiger partial charge in [-0.3, -0.25) is 0 Å². The molecule has 36 valence electrons. The van der Waals surface area contributed by atoms with Crippen LogP contribution in [0.2, 0.25) is 0 Å². The van der Waals surface area contributed by atoms with E-state index in [1.54, 1.807) is 0 Å². The second kappa shape index (κ2) is 1.58. The second-order valence-electron chi connectivity index (χ2n) is 1.03. The molecular weight excluding hydrogens is 94.0 g/mol. The number of carbonyl (C=O) groups excluding carboxylic acids is 1. The van der Waals surface area contributed by atoms with E-state index in [2.05, 4.69) is 9.73 Å². The molecule has 1 aliphatic rings. The zero-order chi connectivity index (χ0) is 5.11. The zero-order valence-corrected chi connectivity index (χ0v) is 3.55. The fourth-order valence-corrected chi connectivity index (χ4v) is 0.329. The Kier molecular flexibility index (Phi) is 0.922. The second-order valence-corrected chi connectivity index (χ2v) is 1.03. The predicted octanol–water partition coefficient (Wildman–Crippen LogP) is -0.240. The summed E-state index contributed by atoms with van der Waals surface area (Å²) in [4.78, 5) is 13.1. The van der Waals surface area contributed by atoms with Crippen molar-refractivity contribution in [1.82, 2.24) is 0 Å². The topological polar surface area (TPSA) is 38.7 Å². The van der Waals surface area contributed by atoms with Crippen molar-refractivity contribution in [1.29, 1.82) is 0 Å². The van der Waals surface area contributed by atoms with Crippen LogP contribution in [-0.4, -0.2) is 18.8 Å². The minimum absolute atomic E-state index is 0.0556. The summed E-state index contributed by atoms with van der Waals surface area (Å²) in [7, 11) is 0. The van der Waals surface area contributed by atoms with Crippen molar-refractivity contribution in [3.05, 3.63) is 5.88 Å². The van der Waals surface area contributed by atoms with Crippen LogP contribution >= 0.6 is 0 Å². The average Bonchev–Trinajstić information content (AvgIpc) is 2.14. The number of rotatable bonds is 0. The van der Waals surface area contributed by atoms with Gasteiger partial charge in [-0.1, -0.05) is 0 Å². The Hall–Kier alpha value is -1.08. The number of hydrogen-bond donors (Lipinski definition) is 0. The molecule has 0 amide bonds. The van der Waals surface area contributed by atoms with Gasteiger partial charge in [-0.2, -0.15) is 0 Å². The van der Waals surface area contributed by atoms with Crippen LogP contribution in [0.5, 0.6) is 0 Å². The molecule has 0 spiro atoms. The fourth-order valence-electron chi connectivity index (χ4n) is 0.329. The van der Waals surface area contributed by atoms with Gasteiger partial charge < -0.3 is 4.74 Å². The molecule has 0 atom stereocenters. The van der Waals surface area contributed by atoms with Crippen LogP contribution in [0.15, 0.2) is 10.9 Å². The molecule has 0 N–H and O–H groups in total. The van der Waals surface area contributed by atoms with E-state index in [-0.39, 0.29) is 5.88 Å². The summed E-state index contributed by atoms with van der Waals surface area (Å²) < 4.78 is 4.57. The maximum Gasteiger partial charge on any atom is 0.302 e. The molecule has 0 unspecified atom stereocenters. The van der Waals surface area contributed by atoms with Crippen molar-refractivity contribution in [3.63, 3.8) is 0 Å². The van der Waals surface area contributed by atoms with Gasteiger partial charge in [0, 0.05) is 6.21 Å². The van der Waals surface area contributed by atoms with Crippen molar-refractivity contribution in [2.24, 2.45) is 4.99 Å². The van der Waals surface area contributed by atoms with Crippen LogP contribution in [0.25, 0.3) is 0 Å². The lowest BCUT2D eigenvalue weighted by Crippen LogP contribution is -1.80. The van der Waals surface area contributed by atoms with Gasteiger partial charge in [0.1, 0.15) is 6.61 Å². The monoisotopic (exact) mass is 97.0 g/mol. The highest BCUT2D eigenvalue weighted by Crippen LogP contribution is 1.96. The molecule has 7 heavy (non-hydrogen) atoms. The summed E-state index contributed by atoms with van der Waals surface area (Å²) in [5, 5.41) is 0. The molecule has 0 aliphatic carbocycles. The van der Waals surface area contributed by atoms with Gasteiger partial charge in [0.05, 0.1) is 0 Å². The zero-order valence-electron chi connectivity index (χ0n) is 3.55. The molecule has 1 rings (SSSR count). The third kappa shape index (κ3) is 0.669. The Morgan fingerprint density at radius 3 is 3.14 bits per heavy atom. The van der Waals surface area contributed by atoms with Gasteiger partial charge in [-0.15, -0.1) is 0 Å². The van der Waals surface area contributed by atoms with Gasteiger partial charge in [0.2, 0.25) is 0 Å². The van der Waals surface area contributed by atoms with E-state index in [1.165, 1.54) is 12.2 Å². The lowest BCUT2D eigenvalue weighted by atomic mass is 10.8. The Morgan fingerprint density at radius 1 is 2.00 bits per heavy atom. The van der Waals surface area contributed by atoms with Crippen LogP contribution in [-0.2, 0) is 9.53 Å². The first-order valence-corrected chi connectivity index (χ1v) is 1.84. The van der Waals surface area contributed by atoms with Crippen LogP contribution in [0, 0.1) is 0 Å². The summed E-state index contributed by atoms with van der Waals surface area (Å²) in [6, 6.07) is 0. The predicted molar refractivity (Wildman–Crippen MR) is 23.7 cm³/mol. The molecule has 1 aliphatic heterocycles. The molecule has 3 nitrogen and oxygen atoms in total. The van der Waals surface area contributed by atoms with Gasteiger partial charge in [-0.25, -0.2) is 9.79 Å². The first-order chi connectivity index (χ1) is 3.43. The lowest BCUT2D eigenvalue weighted by molar-refractivity contribution is 0.281. The van der Waals surface area contributed by atoms with E-state index in [9.17, 15) is 4.79 Å². The number of ether oxygens (including phenoxy) is 1. The Bertz CT molecular complexity index is 144. The highest BCUT2D eigenvalue weighted by atomic mass is 16.5. The van der Waals surface area contributed by atoms with E-state index in [4.69, 9.17) is 0 Å². The summed E-state index contributed by atoms with van der Waals surface area (Å²) in [6.45, 7) is 0.407. The van der Waals surface area contributed by atoms with E-state index in [0.717, 1.165) is 0 Å². The van der Waals surface area contributed by atoms with E-state index >= 15 is 0 Å². The van der Waals surface area contributed by atoms with E-state index in [0.29, 0.717) is 6.61 Å². The summed E-state index contributed by atoms with van der Waals surface area (Å²) in [5.74, 6) is 1.57. The van der Waals surface area contributed by atoms with Gasteiger partial charge >= 0.3 is 5.88 Å². The molecule has 0 radical (unpaired) electrons. The van der Waals surface area contributed by atoms with Crippen molar-refractivity contribution in [3.8, 4) is 0 Å². The first kappa shape index (κ1) is 4.09. The van der Waals surface area contributed by atoms with Crippen LogP contribution in [0.1, 0.15) is 0 Å². The Morgan fingerprint density at radius 2 is 2.86 bits per heavy atom. The third-order valence-corrected chi connectivity index (χ3v) is 0.590. The SMILES string of the molecule is O=C=C1N=CCO1. The lowest BCUT2D eigenvalue weighted by Gasteiger charge is -1.82. The molecule has 3 heteroatoms. The molecular formula is C4H3NO2. The number of hydrogen-bond acceptors (Lipinski definition) is 3. The van der Waals surface area contributed by atoms with Crippen molar-refractivity contribution >= 4 is 12.2 Å². The summed E-state index contributed by atoms with van der Waals surface area (Å²) >= 11 is 0. The normalized spacial score (nSPS) is 16.3. The first-order valence-electron chi connectivity index (χ1n) is 1.84. The van der Waals surface area contributed by atoms with Crippen LogP contribution in [0.3, 0.4) is 0 Å². The molecule has 0 aromatic rings. The molecule has 1 heterocycles. The van der Waals surface area contributed by atoms with Gasteiger partial charge in [0.15, 0.2) is 5.94 Å². The van der Waals surface area contributed by atoms with Crippen LogP contribution in [0.4, 0.5) is 0 Å². The highest BCUT2D eigenvalue weighted by molar-refractivity contribution is 5.66. The average molecular weight is 97.1 g/mol. The van der Waals surface area contributed by atoms with Gasteiger partial charge in [0.25, 0.3) is 0 Å². The highest BCUT2D eigenvalue weighted by Gasteiger charge is 1.98. The fraction of sp³-hybridized carbons (Fsp3) is 0.250. The standard InChI is InChI=1S/C4H3NO2/c6-3-4-5-1-2-7-4/h1H,2H2. The van der Waals surface area contributed by atoms with Crippen molar-refractivity contribution in [2.75, 3.05) is 6.61 Å². The minimum atomic E-state index is 0.0556. The molecule has 0 aromatic heterocycles. The Balaban J connectivity index is 2.77. The molecule has 0 bridgehead atoms. The minimum Gasteiger partial charge on any atom is -0.464 e. The molecule has 0 saturated carbocycles. The summed E-state index contributed by atoms with van der Waals surface area (Å²) in [5.41, 5.74) is 0. The van der Waals surface area contributed by atoms with Crippen molar-refractivity contribution in [2.45, 2.75) is 0 Å². The molecule has 0 aromatic carbocycles. The molecule has 0 fully saturated rings. The van der Waals surface area contributed by atoms with Crippen LogP contribution < -0.4 is 0 Å². The largest absolute Gasteiger partial charge is 0.464 e. The van der Waals surface area contributed by atoms with E-state index in [1.807, 2.05) is 0 Å². The Labute approximate surface area is 40.3 Å². The number of aliphatic imine (C=N–C) groups is 1. The quantitative estimate of drug-likeness (QED) is 0.391. The van der Waals surface area contributed by atoms with E-state index < -0.39 is 0 Å².